The minimum atomic E-state index is -0.0415. The highest BCUT2D eigenvalue weighted by Gasteiger charge is 2.31. The van der Waals surface area contributed by atoms with Gasteiger partial charge in [-0.25, -0.2) is 4.98 Å². The quantitative estimate of drug-likeness (QED) is 0.652. The van der Waals surface area contributed by atoms with Gasteiger partial charge in [0.15, 0.2) is 0 Å². The lowest BCUT2D eigenvalue weighted by Gasteiger charge is -2.34. The molecular formula is C26H36N4O3S. The van der Waals surface area contributed by atoms with Crippen LogP contribution in [0.25, 0.3) is 10.6 Å². The first kappa shape index (κ1) is 24.8. The number of likely N-dealkylation sites (tertiary alicyclic amines) is 1. The topological polar surface area (TPSA) is 74.8 Å². The maximum absolute atomic E-state index is 13.2. The number of aromatic nitrogens is 1. The van der Waals surface area contributed by atoms with Crippen molar-refractivity contribution in [2.75, 3.05) is 52.5 Å². The molecule has 0 aliphatic carbocycles. The zero-order chi connectivity index (χ0) is 24.1. The number of ether oxygens (including phenoxy) is 1. The molecule has 34 heavy (non-hydrogen) atoms. The molecule has 3 heterocycles. The Morgan fingerprint density at radius 1 is 1.12 bits per heavy atom. The van der Waals surface area contributed by atoms with Gasteiger partial charge in [-0.05, 0) is 32.6 Å². The summed E-state index contributed by atoms with van der Waals surface area (Å²) >= 11 is 1.47. The van der Waals surface area contributed by atoms with Crippen LogP contribution in [0.5, 0.6) is 0 Å². The van der Waals surface area contributed by atoms with Gasteiger partial charge in [-0.3, -0.25) is 14.5 Å². The van der Waals surface area contributed by atoms with Gasteiger partial charge in [-0.15, -0.1) is 11.3 Å². The Kier molecular flexibility index (Phi) is 8.34. The van der Waals surface area contributed by atoms with E-state index in [4.69, 9.17) is 4.74 Å². The van der Waals surface area contributed by atoms with Gasteiger partial charge >= 0.3 is 0 Å². The molecule has 0 bridgehead atoms. The molecular weight excluding hydrogens is 448 g/mol. The van der Waals surface area contributed by atoms with E-state index in [-0.39, 0.29) is 17.7 Å². The number of carbonyl (C=O) groups is 2. The third-order valence-corrected chi connectivity index (χ3v) is 8.26. The van der Waals surface area contributed by atoms with Crippen molar-refractivity contribution in [3.05, 3.63) is 40.4 Å². The van der Waals surface area contributed by atoms with Crippen LogP contribution >= 0.6 is 11.3 Å². The summed E-state index contributed by atoms with van der Waals surface area (Å²) < 4.78 is 5.37. The van der Waals surface area contributed by atoms with Crippen LogP contribution in [0, 0.1) is 25.7 Å². The Labute approximate surface area is 206 Å². The van der Waals surface area contributed by atoms with E-state index in [0.29, 0.717) is 25.6 Å². The molecule has 2 amide bonds. The Hall–Kier alpha value is -2.29. The number of thiazole rings is 1. The standard InChI is InChI=1S/C26H36N4O3S/c1-18-4-6-22(7-5-18)25-28-20(3)23(34-25)26(32)30-11-8-21(9-12-30)19(2)24(31)27-10-13-29-14-16-33-17-15-29/h4-7,19,21H,8-17H2,1-3H3,(H,27,31)/t19-/m1/s1. The predicted molar refractivity (Wildman–Crippen MR) is 135 cm³/mol. The van der Waals surface area contributed by atoms with E-state index in [2.05, 4.69) is 46.4 Å². The number of hydrogen-bond donors (Lipinski definition) is 1. The molecule has 0 spiro atoms. The van der Waals surface area contributed by atoms with Crippen molar-refractivity contribution in [2.24, 2.45) is 11.8 Å². The number of hydrogen-bond acceptors (Lipinski definition) is 6. The van der Waals surface area contributed by atoms with E-state index in [1.807, 2.05) is 18.7 Å². The molecule has 8 heteroatoms. The third-order valence-electron chi connectivity index (χ3n) is 7.07. The molecule has 4 rings (SSSR count). The van der Waals surface area contributed by atoms with Gasteiger partial charge in [-0.1, -0.05) is 36.8 Å². The summed E-state index contributed by atoms with van der Waals surface area (Å²) in [5.74, 6) is 0.451. The number of nitrogens with one attached hydrogen (secondary N) is 1. The molecule has 1 atom stereocenters. The van der Waals surface area contributed by atoms with Gasteiger partial charge < -0.3 is 15.0 Å². The molecule has 2 saturated heterocycles. The average molecular weight is 485 g/mol. The van der Waals surface area contributed by atoms with Crippen LogP contribution in [0.1, 0.15) is 40.7 Å². The van der Waals surface area contributed by atoms with Gasteiger partial charge in [0.1, 0.15) is 9.88 Å². The van der Waals surface area contributed by atoms with E-state index >= 15 is 0 Å². The highest BCUT2D eigenvalue weighted by molar-refractivity contribution is 7.17. The summed E-state index contributed by atoms with van der Waals surface area (Å²) in [6.45, 7) is 12.3. The van der Waals surface area contributed by atoms with E-state index in [1.165, 1.54) is 16.9 Å². The van der Waals surface area contributed by atoms with Crippen LogP contribution in [0.3, 0.4) is 0 Å². The van der Waals surface area contributed by atoms with Crippen molar-refractivity contribution in [1.82, 2.24) is 20.1 Å². The second-order valence-corrected chi connectivity index (χ2v) is 10.5. The minimum Gasteiger partial charge on any atom is -0.379 e. The molecule has 0 saturated carbocycles. The summed E-state index contributed by atoms with van der Waals surface area (Å²) in [7, 11) is 0. The van der Waals surface area contributed by atoms with Gasteiger partial charge in [0.05, 0.1) is 18.9 Å². The second kappa shape index (κ2) is 11.4. The lowest BCUT2D eigenvalue weighted by molar-refractivity contribution is -0.126. The number of morpholine rings is 1. The number of benzene rings is 1. The Balaban J connectivity index is 1.26. The summed E-state index contributed by atoms with van der Waals surface area (Å²) in [4.78, 5) is 35.5. The fraction of sp³-hybridized carbons (Fsp3) is 0.577. The van der Waals surface area contributed by atoms with Crippen LogP contribution < -0.4 is 5.32 Å². The molecule has 0 unspecified atom stereocenters. The Bertz CT molecular complexity index is 976. The summed E-state index contributed by atoms with van der Waals surface area (Å²) in [5.41, 5.74) is 3.04. The van der Waals surface area contributed by atoms with Crippen molar-refractivity contribution in [3.8, 4) is 10.6 Å². The molecule has 2 aromatic rings. The molecule has 1 aromatic heterocycles. The first-order chi connectivity index (χ1) is 16.4. The summed E-state index contributed by atoms with van der Waals surface area (Å²) in [5, 5.41) is 3.99. The van der Waals surface area contributed by atoms with Gasteiger partial charge in [-0.2, -0.15) is 0 Å². The molecule has 1 N–H and O–H groups in total. The zero-order valence-electron chi connectivity index (χ0n) is 20.5. The van der Waals surface area contributed by atoms with Crippen LogP contribution in [-0.4, -0.2) is 79.1 Å². The van der Waals surface area contributed by atoms with Gasteiger partial charge in [0, 0.05) is 50.7 Å². The largest absolute Gasteiger partial charge is 0.379 e. The molecule has 7 nitrogen and oxygen atoms in total. The Morgan fingerprint density at radius 3 is 2.47 bits per heavy atom. The highest BCUT2D eigenvalue weighted by Crippen LogP contribution is 2.31. The van der Waals surface area contributed by atoms with E-state index in [1.54, 1.807) is 0 Å². The van der Waals surface area contributed by atoms with Crippen molar-refractivity contribution < 1.29 is 14.3 Å². The monoisotopic (exact) mass is 484 g/mol. The number of nitrogens with zero attached hydrogens (tertiary/aromatic N) is 3. The van der Waals surface area contributed by atoms with Crippen molar-refractivity contribution >= 4 is 23.2 Å². The molecule has 2 fully saturated rings. The highest BCUT2D eigenvalue weighted by atomic mass is 32.1. The minimum absolute atomic E-state index is 0.0415. The van der Waals surface area contributed by atoms with Crippen LogP contribution in [0.15, 0.2) is 24.3 Å². The lowest BCUT2D eigenvalue weighted by Crippen LogP contribution is -2.45. The zero-order valence-corrected chi connectivity index (χ0v) is 21.3. The van der Waals surface area contributed by atoms with Crippen molar-refractivity contribution in [3.63, 3.8) is 0 Å². The van der Waals surface area contributed by atoms with Crippen LogP contribution in [0.2, 0.25) is 0 Å². The third kappa shape index (κ3) is 6.03. The van der Waals surface area contributed by atoms with Gasteiger partial charge in [0.2, 0.25) is 5.91 Å². The SMILES string of the molecule is Cc1ccc(-c2nc(C)c(C(=O)N3CCC([C@@H](C)C(=O)NCCN4CCOCC4)CC3)s2)cc1. The fourth-order valence-corrected chi connectivity index (χ4v) is 5.74. The van der Waals surface area contributed by atoms with Crippen molar-refractivity contribution in [1.29, 1.82) is 0 Å². The number of amides is 2. The maximum atomic E-state index is 13.2. The molecule has 2 aliphatic heterocycles. The van der Waals surface area contributed by atoms with Crippen molar-refractivity contribution in [2.45, 2.75) is 33.6 Å². The lowest BCUT2D eigenvalue weighted by atomic mass is 9.85. The van der Waals surface area contributed by atoms with Crippen LogP contribution in [-0.2, 0) is 9.53 Å². The molecule has 1 aromatic carbocycles. The first-order valence-electron chi connectivity index (χ1n) is 12.3. The van der Waals surface area contributed by atoms with Crippen LogP contribution in [0.4, 0.5) is 0 Å². The smallest absolute Gasteiger partial charge is 0.265 e. The summed E-state index contributed by atoms with van der Waals surface area (Å²) in [6, 6.07) is 8.25. The van der Waals surface area contributed by atoms with E-state index in [0.717, 1.165) is 66.8 Å². The maximum Gasteiger partial charge on any atom is 0.265 e. The van der Waals surface area contributed by atoms with E-state index in [9.17, 15) is 9.59 Å². The normalized spacial score (nSPS) is 18.6. The number of aryl methyl sites for hydroxylation is 2. The Morgan fingerprint density at radius 2 is 1.79 bits per heavy atom. The molecule has 184 valence electrons. The molecule has 0 radical (unpaired) electrons. The van der Waals surface area contributed by atoms with E-state index < -0.39 is 0 Å². The average Bonchev–Trinajstić information content (AvgIpc) is 3.25. The first-order valence-corrected chi connectivity index (χ1v) is 13.2. The fourth-order valence-electron chi connectivity index (χ4n) is 4.70. The molecule has 2 aliphatic rings. The second-order valence-electron chi connectivity index (χ2n) is 9.46. The predicted octanol–water partition coefficient (Wildman–Crippen LogP) is 3.36. The number of piperidine rings is 1. The number of rotatable bonds is 7. The number of carbonyl (C=O) groups excluding carboxylic acids is 2. The summed E-state index contributed by atoms with van der Waals surface area (Å²) in [6.07, 6.45) is 1.71. The van der Waals surface area contributed by atoms with Gasteiger partial charge in [0.25, 0.3) is 5.91 Å².